The van der Waals surface area contributed by atoms with Gasteiger partial charge >= 0.3 is 0 Å². The zero-order valence-electron chi connectivity index (χ0n) is 7.54. The van der Waals surface area contributed by atoms with Crippen LogP contribution in [0.1, 0.15) is 20.8 Å². The molecule has 68 valence electrons. The second kappa shape index (κ2) is 6.58. The predicted molar refractivity (Wildman–Crippen MR) is 43.6 cm³/mol. The number of aliphatic hydroxyl groups excluding tert-OH is 1. The third-order valence-electron chi connectivity index (χ3n) is 1.32. The van der Waals surface area contributed by atoms with E-state index in [1.54, 1.807) is 0 Å². The second-order valence-electron chi connectivity index (χ2n) is 2.59. The standard InChI is InChI=1S/C8H18O3/c1-4-10-8(3)6-11-7(2)5-9/h7-9H,4-6H2,1-3H3/t7-,8-/m1/s1. The van der Waals surface area contributed by atoms with Crippen molar-refractivity contribution in [2.75, 3.05) is 19.8 Å². The van der Waals surface area contributed by atoms with E-state index in [0.717, 1.165) is 0 Å². The molecule has 0 heterocycles. The first kappa shape index (κ1) is 10.9. The van der Waals surface area contributed by atoms with Gasteiger partial charge in [0, 0.05) is 6.61 Å². The highest BCUT2D eigenvalue weighted by atomic mass is 16.5. The lowest BCUT2D eigenvalue weighted by molar-refractivity contribution is -0.0424. The Hall–Kier alpha value is -0.120. The number of ether oxygens (including phenoxy) is 2. The molecule has 11 heavy (non-hydrogen) atoms. The summed E-state index contributed by atoms with van der Waals surface area (Å²) in [6.45, 7) is 7.06. The van der Waals surface area contributed by atoms with E-state index in [-0.39, 0.29) is 18.8 Å². The molecule has 1 N–H and O–H groups in total. The zero-order valence-corrected chi connectivity index (χ0v) is 7.54. The van der Waals surface area contributed by atoms with Crippen LogP contribution in [-0.2, 0) is 9.47 Å². The third kappa shape index (κ3) is 6.28. The van der Waals surface area contributed by atoms with Crippen molar-refractivity contribution in [3.63, 3.8) is 0 Å². The average molecular weight is 162 g/mol. The molecular formula is C8H18O3. The molecule has 0 aliphatic heterocycles. The molecule has 3 heteroatoms. The monoisotopic (exact) mass is 162 g/mol. The molecular weight excluding hydrogens is 144 g/mol. The van der Waals surface area contributed by atoms with Crippen molar-refractivity contribution < 1.29 is 14.6 Å². The minimum absolute atomic E-state index is 0.0683. The van der Waals surface area contributed by atoms with Crippen molar-refractivity contribution in [1.82, 2.24) is 0 Å². The van der Waals surface area contributed by atoms with Crippen LogP contribution in [0.4, 0.5) is 0 Å². The largest absolute Gasteiger partial charge is 0.394 e. The van der Waals surface area contributed by atoms with E-state index in [2.05, 4.69) is 0 Å². The lowest BCUT2D eigenvalue weighted by Gasteiger charge is -2.14. The quantitative estimate of drug-likeness (QED) is 0.628. The maximum absolute atomic E-state index is 8.61. The van der Waals surface area contributed by atoms with Gasteiger partial charge in [-0.25, -0.2) is 0 Å². The van der Waals surface area contributed by atoms with Gasteiger partial charge in [0.1, 0.15) is 0 Å². The van der Waals surface area contributed by atoms with E-state index < -0.39 is 0 Å². The van der Waals surface area contributed by atoms with Crippen molar-refractivity contribution >= 4 is 0 Å². The second-order valence-corrected chi connectivity index (χ2v) is 2.59. The fourth-order valence-electron chi connectivity index (χ4n) is 0.685. The summed E-state index contributed by atoms with van der Waals surface area (Å²) in [4.78, 5) is 0. The van der Waals surface area contributed by atoms with Crippen LogP contribution >= 0.6 is 0 Å². The number of aliphatic hydroxyl groups is 1. The first-order valence-corrected chi connectivity index (χ1v) is 4.04. The van der Waals surface area contributed by atoms with Crippen molar-refractivity contribution in [3.05, 3.63) is 0 Å². The molecule has 0 aromatic carbocycles. The molecule has 0 bridgehead atoms. The van der Waals surface area contributed by atoms with Gasteiger partial charge in [0.15, 0.2) is 0 Å². The molecule has 0 saturated carbocycles. The molecule has 0 saturated heterocycles. The third-order valence-corrected chi connectivity index (χ3v) is 1.32. The Morgan fingerprint density at radius 3 is 2.27 bits per heavy atom. The highest BCUT2D eigenvalue weighted by Crippen LogP contribution is 1.95. The molecule has 0 unspecified atom stereocenters. The van der Waals surface area contributed by atoms with Crippen LogP contribution in [0, 0.1) is 0 Å². The van der Waals surface area contributed by atoms with Crippen LogP contribution in [0.2, 0.25) is 0 Å². The van der Waals surface area contributed by atoms with Crippen LogP contribution in [-0.4, -0.2) is 37.1 Å². The highest BCUT2D eigenvalue weighted by molar-refractivity contribution is 4.50. The maximum atomic E-state index is 8.61. The van der Waals surface area contributed by atoms with Gasteiger partial charge in [0.25, 0.3) is 0 Å². The van der Waals surface area contributed by atoms with Gasteiger partial charge < -0.3 is 14.6 Å². The number of hydrogen-bond acceptors (Lipinski definition) is 3. The Labute approximate surface area is 68.3 Å². The highest BCUT2D eigenvalue weighted by Gasteiger charge is 2.04. The van der Waals surface area contributed by atoms with E-state index >= 15 is 0 Å². The Bertz CT molecular complexity index is 85.4. The van der Waals surface area contributed by atoms with Gasteiger partial charge in [-0.2, -0.15) is 0 Å². The lowest BCUT2D eigenvalue weighted by atomic mass is 10.4. The molecule has 0 radical (unpaired) electrons. The van der Waals surface area contributed by atoms with Gasteiger partial charge in [-0.1, -0.05) is 0 Å². The van der Waals surface area contributed by atoms with Crippen LogP contribution in [0.5, 0.6) is 0 Å². The number of hydrogen-bond donors (Lipinski definition) is 1. The summed E-state index contributed by atoms with van der Waals surface area (Å²) in [7, 11) is 0. The molecule has 0 spiro atoms. The average Bonchev–Trinajstić information content (AvgIpc) is 2.01. The van der Waals surface area contributed by atoms with Crippen molar-refractivity contribution in [3.8, 4) is 0 Å². The van der Waals surface area contributed by atoms with E-state index in [0.29, 0.717) is 13.2 Å². The molecule has 0 aromatic rings. The topological polar surface area (TPSA) is 38.7 Å². The van der Waals surface area contributed by atoms with Gasteiger partial charge in [0.2, 0.25) is 0 Å². The molecule has 0 aromatic heterocycles. The summed E-state index contributed by atoms with van der Waals surface area (Å²) >= 11 is 0. The van der Waals surface area contributed by atoms with Crippen LogP contribution in [0.25, 0.3) is 0 Å². The number of rotatable bonds is 6. The van der Waals surface area contributed by atoms with Crippen molar-refractivity contribution in [1.29, 1.82) is 0 Å². The zero-order chi connectivity index (χ0) is 8.69. The fraction of sp³-hybridized carbons (Fsp3) is 1.00. The summed E-state index contributed by atoms with van der Waals surface area (Å²) in [5.74, 6) is 0. The van der Waals surface area contributed by atoms with Crippen LogP contribution < -0.4 is 0 Å². The summed E-state index contributed by atoms with van der Waals surface area (Å²) < 4.78 is 10.5. The molecule has 0 rings (SSSR count). The Morgan fingerprint density at radius 1 is 1.18 bits per heavy atom. The van der Waals surface area contributed by atoms with Crippen LogP contribution in [0.15, 0.2) is 0 Å². The first-order chi connectivity index (χ1) is 5.20. The van der Waals surface area contributed by atoms with E-state index in [4.69, 9.17) is 14.6 Å². The molecule has 0 aliphatic carbocycles. The minimum Gasteiger partial charge on any atom is -0.394 e. The summed E-state index contributed by atoms with van der Waals surface area (Å²) in [5, 5.41) is 8.61. The predicted octanol–water partition coefficient (Wildman–Crippen LogP) is 0.809. The van der Waals surface area contributed by atoms with Gasteiger partial charge in [-0.3, -0.25) is 0 Å². The normalized spacial score (nSPS) is 16.4. The van der Waals surface area contributed by atoms with Gasteiger partial charge in [0.05, 0.1) is 25.4 Å². The molecule has 3 nitrogen and oxygen atoms in total. The van der Waals surface area contributed by atoms with Crippen molar-refractivity contribution in [2.45, 2.75) is 33.0 Å². The van der Waals surface area contributed by atoms with Gasteiger partial charge in [-0.05, 0) is 20.8 Å². The van der Waals surface area contributed by atoms with Crippen molar-refractivity contribution in [2.24, 2.45) is 0 Å². The Kier molecular flexibility index (Phi) is 6.51. The summed E-state index contributed by atoms with van der Waals surface area (Å²) in [5.41, 5.74) is 0. The lowest BCUT2D eigenvalue weighted by Crippen LogP contribution is -2.22. The fourth-order valence-corrected chi connectivity index (χ4v) is 0.685. The molecule has 0 fully saturated rings. The van der Waals surface area contributed by atoms with E-state index in [1.165, 1.54) is 0 Å². The maximum Gasteiger partial charge on any atom is 0.0780 e. The summed E-state index contributed by atoms with van der Waals surface area (Å²) in [6.07, 6.45) is 0.0342. The smallest absolute Gasteiger partial charge is 0.0780 e. The minimum atomic E-state index is -0.0853. The molecule has 2 atom stereocenters. The summed E-state index contributed by atoms with van der Waals surface area (Å²) in [6, 6.07) is 0. The van der Waals surface area contributed by atoms with E-state index in [9.17, 15) is 0 Å². The molecule has 0 amide bonds. The Morgan fingerprint density at radius 2 is 1.82 bits per heavy atom. The SMILES string of the molecule is CCO[C@H](C)CO[C@H](C)CO. The van der Waals surface area contributed by atoms with Gasteiger partial charge in [-0.15, -0.1) is 0 Å². The molecule has 0 aliphatic rings. The van der Waals surface area contributed by atoms with Crippen LogP contribution in [0.3, 0.4) is 0 Å². The first-order valence-electron chi connectivity index (χ1n) is 4.04. The van der Waals surface area contributed by atoms with E-state index in [1.807, 2.05) is 20.8 Å². The Balaban J connectivity index is 3.22.